The van der Waals surface area contributed by atoms with Crippen LogP contribution in [-0.2, 0) is 11.3 Å². The highest BCUT2D eigenvalue weighted by molar-refractivity contribution is 5.91. The lowest BCUT2D eigenvalue weighted by atomic mass is 10.1. The first-order valence-electron chi connectivity index (χ1n) is 8.86. The van der Waals surface area contributed by atoms with Crippen molar-refractivity contribution in [1.29, 1.82) is 0 Å². The van der Waals surface area contributed by atoms with E-state index in [4.69, 9.17) is 0 Å². The molecule has 0 bridgehead atoms. The van der Waals surface area contributed by atoms with Crippen molar-refractivity contribution in [2.75, 3.05) is 11.9 Å². The molecule has 0 fully saturated rings. The number of para-hydroxylation sites is 1. The van der Waals surface area contributed by atoms with Gasteiger partial charge < -0.3 is 10.2 Å². The molecule has 1 unspecified atom stereocenters. The summed E-state index contributed by atoms with van der Waals surface area (Å²) in [5.74, 6) is 0.0233. The first-order chi connectivity index (χ1) is 12.8. The number of benzene rings is 3. The third-order valence-corrected chi connectivity index (χ3v) is 4.67. The number of aliphatic imine (C=N–C) groups is 1. The van der Waals surface area contributed by atoms with Crippen molar-refractivity contribution in [3.63, 3.8) is 0 Å². The number of nitrogens with zero attached hydrogens (tertiary/aromatic N) is 2. The van der Waals surface area contributed by atoms with E-state index in [0.29, 0.717) is 13.0 Å². The molecule has 26 heavy (non-hydrogen) atoms. The molecule has 1 amide bonds. The fourth-order valence-corrected chi connectivity index (χ4v) is 3.32. The van der Waals surface area contributed by atoms with Gasteiger partial charge in [-0.15, -0.1) is 0 Å². The van der Waals surface area contributed by atoms with Gasteiger partial charge in [0, 0.05) is 18.7 Å². The van der Waals surface area contributed by atoms with Gasteiger partial charge in [0.15, 0.2) is 0 Å². The molecule has 1 atom stereocenters. The first-order valence-corrected chi connectivity index (χ1v) is 8.86. The number of amides is 1. The predicted octanol–water partition coefficient (Wildman–Crippen LogP) is 4.08. The number of anilines is 1. The van der Waals surface area contributed by atoms with E-state index in [1.165, 1.54) is 16.3 Å². The molecule has 3 aromatic rings. The molecule has 4 rings (SSSR count). The van der Waals surface area contributed by atoms with E-state index in [2.05, 4.69) is 57.7 Å². The molecule has 0 aliphatic carbocycles. The zero-order chi connectivity index (χ0) is 17.8. The average Bonchev–Trinajstić information content (AvgIpc) is 3.09. The summed E-state index contributed by atoms with van der Waals surface area (Å²) in [5, 5.41) is 5.43. The topological polar surface area (TPSA) is 44.7 Å². The first kappa shape index (κ1) is 16.3. The zero-order valence-corrected chi connectivity index (χ0v) is 14.5. The molecule has 0 spiro atoms. The summed E-state index contributed by atoms with van der Waals surface area (Å²) in [6.07, 6.45) is 2.30. The van der Waals surface area contributed by atoms with Gasteiger partial charge in [-0.1, -0.05) is 54.6 Å². The predicted molar refractivity (Wildman–Crippen MR) is 106 cm³/mol. The van der Waals surface area contributed by atoms with Crippen molar-refractivity contribution in [3.8, 4) is 0 Å². The van der Waals surface area contributed by atoms with Gasteiger partial charge in [-0.2, -0.15) is 0 Å². The van der Waals surface area contributed by atoms with Gasteiger partial charge in [-0.05, 0) is 34.5 Å². The van der Waals surface area contributed by atoms with Crippen molar-refractivity contribution in [1.82, 2.24) is 4.90 Å². The Balaban J connectivity index is 1.41. The van der Waals surface area contributed by atoms with Crippen LogP contribution in [0.4, 0.5) is 5.69 Å². The number of nitrogens with one attached hydrogen (secondary N) is 1. The normalized spacial score (nSPS) is 16.2. The summed E-state index contributed by atoms with van der Waals surface area (Å²) in [6, 6.07) is 24.5. The maximum atomic E-state index is 12.3. The van der Waals surface area contributed by atoms with Gasteiger partial charge in [0.25, 0.3) is 0 Å². The molecule has 1 aliphatic rings. The summed E-state index contributed by atoms with van der Waals surface area (Å²) in [6.45, 7) is 1.42. The molecular weight excluding hydrogens is 322 g/mol. The van der Waals surface area contributed by atoms with E-state index in [0.717, 1.165) is 12.2 Å². The van der Waals surface area contributed by atoms with Gasteiger partial charge in [-0.3, -0.25) is 9.79 Å². The van der Waals surface area contributed by atoms with Gasteiger partial charge in [-0.25, -0.2) is 0 Å². The number of rotatable bonds is 5. The Kier molecular flexibility index (Phi) is 4.65. The van der Waals surface area contributed by atoms with Gasteiger partial charge >= 0.3 is 0 Å². The largest absolute Gasteiger partial charge is 0.353 e. The fourth-order valence-electron chi connectivity index (χ4n) is 3.32. The van der Waals surface area contributed by atoms with Crippen LogP contribution in [0.5, 0.6) is 0 Å². The SMILES string of the molecule is O=C(CC1CN=CN1Cc1ccc2ccccc2c1)Nc1ccccc1. The molecule has 4 nitrogen and oxygen atoms in total. The Morgan fingerprint density at radius 2 is 1.77 bits per heavy atom. The number of carbonyl (C=O) groups is 1. The molecule has 0 radical (unpaired) electrons. The Morgan fingerprint density at radius 3 is 2.62 bits per heavy atom. The third-order valence-electron chi connectivity index (χ3n) is 4.67. The lowest BCUT2D eigenvalue weighted by Gasteiger charge is -2.24. The zero-order valence-electron chi connectivity index (χ0n) is 14.5. The van der Waals surface area contributed by atoms with Gasteiger partial charge in [0.1, 0.15) is 0 Å². The second-order valence-electron chi connectivity index (χ2n) is 6.61. The minimum absolute atomic E-state index is 0.0233. The van der Waals surface area contributed by atoms with E-state index in [1.807, 2.05) is 36.7 Å². The Morgan fingerprint density at radius 1 is 1.00 bits per heavy atom. The number of hydrogen-bond acceptors (Lipinski definition) is 3. The van der Waals surface area contributed by atoms with Crippen molar-refractivity contribution in [3.05, 3.63) is 78.4 Å². The molecule has 0 saturated carbocycles. The second-order valence-corrected chi connectivity index (χ2v) is 6.61. The lowest BCUT2D eigenvalue weighted by molar-refractivity contribution is -0.117. The standard InChI is InChI=1S/C22H21N3O/c26-22(24-20-8-2-1-3-9-20)13-21-14-23-16-25(21)15-17-10-11-18-6-4-5-7-19(18)12-17/h1-12,16,21H,13-15H2,(H,24,26). The Bertz CT molecular complexity index is 936. The van der Waals surface area contributed by atoms with Crippen molar-refractivity contribution < 1.29 is 4.79 Å². The average molecular weight is 343 g/mol. The highest BCUT2D eigenvalue weighted by Gasteiger charge is 2.23. The van der Waals surface area contributed by atoms with Crippen LogP contribution in [0.1, 0.15) is 12.0 Å². The summed E-state index contributed by atoms with van der Waals surface area (Å²) in [5.41, 5.74) is 2.06. The van der Waals surface area contributed by atoms with E-state index in [1.54, 1.807) is 0 Å². The summed E-state index contributed by atoms with van der Waals surface area (Å²) in [4.78, 5) is 18.9. The lowest BCUT2D eigenvalue weighted by Crippen LogP contribution is -2.34. The van der Waals surface area contributed by atoms with E-state index >= 15 is 0 Å². The highest BCUT2D eigenvalue weighted by Crippen LogP contribution is 2.19. The Hall–Kier alpha value is -3.14. The van der Waals surface area contributed by atoms with E-state index in [-0.39, 0.29) is 11.9 Å². The minimum atomic E-state index is 0.0233. The van der Waals surface area contributed by atoms with Crippen LogP contribution in [0.15, 0.2) is 77.8 Å². The summed E-state index contributed by atoms with van der Waals surface area (Å²) in [7, 11) is 0. The van der Waals surface area contributed by atoms with Crippen LogP contribution < -0.4 is 5.32 Å². The second kappa shape index (κ2) is 7.40. The van der Waals surface area contributed by atoms with Crippen LogP contribution in [0.2, 0.25) is 0 Å². The van der Waals surface area contributed by atoms with Crippen molar-refractivity contribution >= 4 is 28.7 Å². The number of carbonyl (C=O) groups excluding carboxylic acids is 1. The maximum absolute atomic E-state index is 12.3. The molecule has 0 aromatic heterocycles. The van der Waals surface area contributed by atoms with Crippen molar-refractivity contribution in [2.24, 2.45) is 4.99 Å². The van der Waals surface area contributed by atoms with Gasteiger partial charge in [0.2, 0.25) is 5.91 Å². The fraction of sp³-hybridized carbons (Fsp3) is 0.182. The molecule has 0 saturated heterocycles. The number of hydrogen-bond donors (Lipinski definition) is 1. The molecule has 1 N–H and O–H groups in total. The highest BCUT2D eigenvalue weighted by atomic mass is 16.1. The summed E-state index contributed by atoms with van der Waals surface area (Å²) >= 11 is 0. The Labute approximate surface area is 153 Å². The quantitative estimate of drug-likeness (QED) is 0.759. The van der Waals surface area contributed by atoms with Crippen molar-refractivity contribution in [2.45, 2.75) is 19.0 Å². The van der Waals surface area contributed by atoms with E-state index < -0.39 is 0 Å². The van der Waals surface area contributed by atoms with Crippen LogP contribution in [0.25, 0.3) is 10.8 Å². The van der Waals surface area contributed by atoms with Crippen LogP contribution in [0, 0.1) is 0 Å². The molecular formula is C22H21N3O. The van der Waals surface area contributed by atoms with Gasteiger partial charge in [0.05, 0.1) is 18.9 Å². The van der Waals surface area contributed by atoms with E-state index in [9.17, 15) is 4.79 Å². The molecule has 130 valence electrons. The monoisotopic (exact) mass is 343 g/mol. The maximum Gasteiger partial charge on any atom is 0.226 e. The molecule has 3 aromatic carbocycles. The third kappa shape index (κ3) is 3.75. The minimum Gasteiger partial charge on any atom is -0.353 e. The summed E-state index contributed by atoms with van der Waals surface area (Å²) < 4.78 is 0. The molecule has 4 heteroatoms. The van der Waals surface area contributed by atoms with Crippen LogP contribution >= 0.6 is 0 Å². The smallest absolute Gasteiger partial charge is 0.226 e. The molecule has 1 aliphatic heterocycles. The van der Waals surface area contributed by atoms with Crippen LogP contribution in [-0.4, -0.2) is 29.7 Å². The van der Waals surface area contributed by atoms with Crippen LogP contribution in [0.3, 0.4) is 0 Å². The number of fused-ring (bicyclic) bond motifs is 1. The molecule has 1 heterocycles.